The number of hydrogen-bond donors (Lipinski definition) is 1. The van der Waals surface area contributed by atoms with Crippen LogP contribution in [-0.2, 0) is 6.61 Å². The minimum Gasteiger partial charge on any atom is -0.489 e. The van der Waals surface area contributed by atoms with Gasteiger partial charge in [0.25, 0.3) is 0 Å². The van der Waals surface area contributed by atoms with Gasteiger partial charge in [0.15, 0.2) is 0 Å². The summed E-state index contributed by atoms with van der Waals surface area (Å²) in [5, 5.41) is 9.14. The Bertz CT molecular complexity index is 702. The molecule has 0 unspecified atom stereocenters. The molecule has 4 heteroatoms. The number of benzene rings is 2. The van der Waals surface area contributed by atoms with Gasteiger partial charge >= 0.3 is 0 Å². The fourth-order valence-electron chi connectivity index (χ4n) is 1.84. The smallest absolute Gasteiger partial charge is 0.123 e. The molecule has 0 aromatic heterocycles. The van der Waals surface area contributed by atoms with Crippen LogP contribution < -0.4 is 4.74 Å². The lowest BCUT2D eigenvalue weighted by molar-refractivity contribution is 0.303. The van der Waals surface area contributed by atoms with E-state index in [2.05, 4.69) is 11.8 Å². The molecule has 0 atom stereocenters. The van der Waals surface area contributed by atoms with Crippen LogP contribution in [0.5, 0.6) is 5.75 Å². The molecular formula is C17H14ClFO2. The fourth-order valence-corrected chi connectivity index (χ4v) is 2.01. The van der Waals surface area contributed by atoms with Crippen molar-refractivity contribution in [1.29, 1.82) is 0 Å². The van der Waals surface area contributed by atoms with Crippen molar-refractivity contribution in [2.75, 3.05) is 6.61 Å². The van der Waals surface area contributed by atoms with Crippen LogP contribution in [-0.4, -0.2) is 11.7 Å². The van der Waals surface area contributed by atoms with Gasteiger partial charge in [-0.3, -0.25) is 0 Å². The number of ether oxygens (including phenoxy) is 1. The average Bonchev–Trinajstić information content (AvgIpc) is 2.47. The lowest BCUT2D eigenvalue weighted by Crippen LogP contribution is -1.98. The molecule has 0 saturated heterocycles. The van der Waals surface area contributed by atoms with Crippen LogP contribution in [0.15, 0.2) is 36.4 Å². The van der Waals surface area contributed by atoms with Crippen molar-refractivity contribution in [3.05, 3.63) is 63.9 Å². The summed E-state index contributed by atoms with van der Waals surface area (Å²) < 4.78 is 18.8. The average molecular weight is 305 g/mol. The second-order valence-electron chi connectivity index (χ2n) is 4.46. The zero-order valence-electron chi connectivity index (χ0n) is 11.5. The zero-order valence-corrected chi connectivity index (χ0v) is 12.2. The first-order chi connectivity index (χ1) is 10.1. The summed E-state index contributed by atoms with van der Waals surface area (Å²) in [5.74, 6) is 5.76. The quantitative estimate of drug-likeness (QED) is 0.876. The van der Waals surface area contributed by atoms with Crippen molar-refractivity contribution < 1.29 is 14.2 Å². The highest BCUT2D eigenvalue weighted by Gasteiger charge is 2.05. The van der Waals surface area contributed by atoms with Gasteiger partial charge in [0, 0.05) is 16.1 Å². The maximum absolute atomic E-state index is 13.2. The maximum atomic E-state index is 13.2. The number of aliphatic hydroxyl groups excluding tert-OH is 1. The summed E-state index contributed by atoms with van der Waals surface area (Å²) in [7, 11) is 0. The number of halogens is 2. The van der Waals surface area contributed by atoms with E-state index in [1.165, 1.54) is 18.2 Å². The van der Waals surface area contributed by atoms with Crippen LogP contribution in [0, 0.1) is 24.6 Å². The van der Waals surface area contributed by atoms with Crippen molar-refractivity contribution >= 4 is 11.6 Å². The van der Waals surface area contributed by atoms with Gasteiger partial charge in [-0.1, -0.05) is 23.4 Å². The van der Waals surface area contributed by atoms with E-state index in [-0.39, 0.29) is 19.0 Å². The summed E-state index contributed by atoms with van der Waals surface area (Å²) in [4.78, 5) is 0. The first-order valence-electron chi connectivity index (χ1n) is 6.37. The van der Waals surface area contributed by atoms with Gasteiger partial charge in [-0.05, 0) is 48.9 Å². The SMILES string of the molecule is Cc1cc(C#CCO)ccc1OCc1cc(F)ccc1Cl. The highest BCUT2D eigenvalue weighted by atomic mass is 35.5. The second-order valence-corrected chi connectivity index (χ2v) is 4.87. The van der Waals surface area contributed by atoms with Crippen molar-refractivity contribution in [2.45, 2.75) is 13.5 Å². The van der Waals surface area contributed by atoms with E-state index >= 15 is 0 Å². The lowest BCUT2D eigenvalue weighted by Gasteiger charge is -2.10. The first-order valence-corrected chi connectivity index (χ1v) is 6.75. The standard InChI is InChI=1S/C17H14ClFO2/c1-12-9-13(3-2-8-20)4-7-17(12)21-11-14-10-15(19)5-6-16(14)18/h4-7,9-10,20H,8,11H2,1H3. The van der Waals surface area contributed by atoms with Gasteiger partial charge in [0.1, 0.15) is 24.8 Å². The third-order valence-electron chi connectivity index (χ3n) is 2.88. The van der Waals surface area contributed by atoms with Gasteiger partial charge < -0.3 is 9.84 Å². The third kappa shape index (κ3) is 4.22. The van der Waals surface area contributed by atoms with Crippen LogP contribution in [0.2, 0.25) is 5.02 Å². The molecule has 2 aromatic rings. The summed E-state index contributed by atoms with van der Waals surface area (Å²) in [6.45, 7) is 1.92. The van der Waals surface area contributed by atoms with Crippen LogP contribution in [0.4, 0.5) is 4.39 Å². The predicted molar refractivity (Wildman–Crippen MR) is 80.9 cm³/mol. The molecule has 0 amide bonds. The Morgan fingerprint density at radius 2 is 2.05 bits per heavy atom. The van der Waals surface area contributed by atoms with E-state index in [0.29, 0.717) is 16.3 Å². The number of aryl methyl sites for hydroxylation is 1. The molecule has 0 saturated carbocycles. The largest absolute Gasteiger partial charge is 0.489 e. The summed E-state index contributed by atoms with van der Waals surface area (Å²) in [6, 6.07) is 9.65. The molecular weight excluding hydrogens is 291 g/mol. The number of aliphatic hydroxyl groups is 1. The highest BCUT2D eigenvalue weighted by molar-refractivity contribution is 6.31. The normalized spacial score (nSPS) is 9.90. The van der Waals surface area contributed by atoms with Crippen LogP contribution >= 0.6 is 11.6 Å². The van der Waals surface area contributed by atoms with Gasteiger partial charge in [0.05, 0.1) is 0 Å². The van der Waals surface area contributed by atoms with Gasteiger partial charge in [-0.25, -0.2) is 4.39 Å². The molecule has 0 radical (unpaired) electrons. The van der Waals surface area contributed by atoms with Crippen LogP contribution in [0.25, 0.3) is 0 Å². The van der Waals surface area contributed by atoms with Gasteiger partial charge in [0.2, 0.25) is 0 Å². The van der Waals surface area contributed by atoms with Crippen LogP contribution in [0.3, 0.4) is 0 Å². The van der Waals surface area contributed by atoms with Crippen LogP contribution in [0.1, 0.15) is 16.7 Å². The first kappa shape index (κ1) is 15.4. The van der Waals surface area contributed by atoms with E-state index in [4.69, 9.17) is 21.4 Å². The van der Waals surface area contributed by atoms with E-state index < -0.39 is 0 Å². The lowest BCUT2D eigenvalue weighted by atomic mass is 10.1. The van der Waals surface area contributed by atoms with Crippen molar-refractivity contribution in [3.63, 3.8) is 0 Å². The Morgan fingerprint density at radius 3 is 2.76 bits per heavy atom. The molecule has 2 rings (SSSR count). The maximum Gasteiger partial charge on any atom is 0.123 e. The zero-order chi connectivity index (χ0) is 15.2. The van der Waals surface area contributed by atoms with E-state index in [0.717, 1.165) is 11.1 Å². The molecule has 108 valence electrons. The Balaban J connectivity index is 2.11. The molecule has 0 aliphatic heterocycles. The Labute approximate surface area is 128 Å². The summed E-state index contributed by atoms with van der Waals surface area (Å²) >= 11 is 6.00. The molecule has 0 spiro atoms. The highest BCUT2D eigenvalue weighted by Crippen LogP contribution is 2.23. The molecule has 2 aromatic carbocycles. The van der Waals surface area contributed by atoms with Gasteiger partial charge in [-0.2, -0.15) is 0 Å². The Hall–Kier alpha value is -2.02. The Kier molecular flexibility index (Phi) is 5.21. The minimum atomic E-state index is -0.343. The molecule has 0 fully saturated rings. The number of hydrogen-bond acceptors (Lipinski definition) is 2. The van der Waals surface area contributed by atoms with Crippen molar-refractivity contribution in [2.24, 2.45) is 0 Å². The predicted octanol–water partition coefficient (Wildman–Crippen LogP) is 3.71. The molecule has 1 N–H and O–H groups in total. The van der Waals surface area contributed by atoms with Crippen molar-refractivity contribution in [3.8, 4) is 17.6 Å². The molecule has 0 bridgehead atoms. The molecule has 0 aliphatic rings. The topological polar surface area (TPSA) is 29.5 Å². The fraction of sp³-hybridized carbons (Fsp3) is 0.176. The minimum absolute atomic E-state index is 0.171. The van der Waals surface area contributed by atoms with Gasteiger partial charge in [-0.15, -0.1) is 0 Å². The molecule has 0 aliphatic carbocycles. The van der Waals surface area contributed by atoms with E-state index in [9.17, 15) is 4.39 Å². The number of rotatable bonds is 3. The third-order valence-corrected chi connectivity index (χ3v) is 3.25. The monoisotopic (exact) mass is 304 g/mol. The molecule has 21 heavy (non-hydrogen) atoms. The summed E-state index contributed by atoms with van der Waals surface area (Å²) in [6.07, 6.45) is 0. The molecule has 0 heterocycles. The summed E-state index contributed by atoms with van der Waals surface area (Å²) in [5.41, 5.74) is 2.31. The van der Waals surface area contributed by atoms with Crippen molar-refractivity contribution in [1.82, 2.24) is 0 Å². The van der Waals surface area contributed by atoms with E-state index in [1.54, 1.807) is 12.1 Å². The Morgan fingerprint density at radius 1 is 1.24 bits per heavy atom. The molecule has 2 nitrogen and oxygen atoms in total. The second kappa shape index (κ2) is 7.12. The van der Waals surface area contributed by atoms with E-state index in [1.807, 2.05) is 13.0 Å².